The van der Waals surface area contributed by atoms with Crippen LogP contribution in [0, 0.1) is 18.3 Å². The maximum Gasteiger partial charge on any atom is 0.163 e. The third-order valence-corrected chi connectivity index (χ3v) is 8.49. The second-order valence-corrected chi connectivity index (χ2v) is 11.6. The van der Waals surface area contributed by atoms with Crippen molar-refractivity contribution < 1.29 is 13.9 Å². The lowest BCUT2D eigenvalue weighted by molar-refractivity contribution is -0.168. The largest absolute Gasteiger partial charge is 0.382 e. The lowest BCUT2D eigenvalue weighted by Crippen LogP contribution is -2.36. The topological polar surface area (TPSA) is 88.1 Å². The van der Waals surface area contributed by atoms with Crippen molar-refractivity contribution in [1.29, 1.82) is 0 Å². The Bertz CT molecular complexity index is 1490. The summed E-state index contributed by atoms with van der Waals surface area (Å²) in [6.45, 7) is 8.22. The number of aryl methyl sites for hydroxylation is 1. The van der Waals surface area contributed by atoms with Gasteiger partial charge in [0.2, 0.25) is 0 Å². The highest BCUT2D eigenvalue weighted by Gasteiger charge is 2.59. The first-order chi connectivity index (χ1) is 17.0. The van der Waals surface area contributed by atoms with Gasteiger partial charge in [0.25, 0.3) is 0 Å². The zero-order chi connectivity index (χ0) is 25.4. The maximum atomic E-state index is 15.0. The van der Waals surface area contributed by atoms with Gasteiger partial charge in [-0.05, 0) is 63.5 Å². The van der Waals surface area contributed by atoms with Gasteiger partial charge in [-0.1, -0.05) is 24.6 Å². The van der Waals surface area contributed by atoms with E-state index in [1.54, 1.807) is 12.4 Å². The summed E-state index contributed by atoms with van der Waals surface area (Å²) in [7, 11) is 0. The minimum atomic E-state index is -0.667. The van der Waals surface area contributed by atoms with Crippen molar-refractivity contribution >= 4 is 40.4 Å². The molecule has 4 heterocycles. The van der Waals surface area contributed by atoms with Crippen molar-refractivity contribution in [3.05, 3.63) is 45.9 Å². The quantitative estimate of drug-likeness (QED) is 0.565. The average molecular weight is 512 g/mol. The number of aromatic nitrogens is 4. The fraction of sp³-hybridized carbons (Fsp3) is 0.519. The molecule has 2 fully saturated rings. The van der Waals surface area contributed by atoms with Crippen LogP contribution in [-0.2, 0) is 9.47 Å². The summed E-state index contributed by atoms with van der Waals surface area (Å²) < 4.78 is 30.2. The molecule has 1 saturated carbocycles. The molecule has 0 amide bonds. The average Bonchev–Trinajstić information content (AvgIpc) is 3.46. The fourth-order valence-electron chi connectivity index (χ4n) is 6.37. The number of rotatable bonds is 4. The highest BCUT2D eigenvalue weighted by molar-refractivity contribution is 6.32. The van der Waals surface area contributed by atoms with Gasteiger partial charge in [-0.3, -0.25) is 0 Å². The van der Waals surface area contributed by atoms with E-state index in [2.05, 4.69) is 38.7 Å². The standard InChI is InChI=1S/C27H31ClFN5O2/c1-14-16-6-8-34(25(16)32-13-31-14)21-12-27(4,23-22(21)35-26(2,3)36-23)7-5-15-9-19(29)17-11-18(28)24(30)33-20(17)10-15/h6,8,10-11,13,15,21-23H,5,7,9,12H2,1-4H3,(H2,30,33)/t15?,21-,22+,23+,27+/m1/s1. The first-order valence-electron chi connectivity index (χ1n) is 12.5. The first kappa shape index (κ1) is 23.8. The Morgan fingerprint density at radius 1 is 1.25 bits per heavy atom. The number of pyridine rings is 1. The number of fused-ring (bicyclic) bond motifs is 3. The minimum absolute atomic E-state index is 0.0260. The molecule has 190 valence electrons. The number of halogens is 2. The van der Waals surface area contributed by atoms with E-state index in [-0.39, 0.29) is 46.3 Å². The number of anilines is 1. The van der Waals surface area contributed by atoms with Crippen molar-refractivity contribution in [3.8, 4) is 0 Å². The molecule has 3 aliphatic rings. The van der Waals surface area contributed by atoms with Crippen LogP contribution in [0.5, 0.6) is 0 Å². The van der Waals surface area contributed by atoms with Gasteiger partial charge in [0, 0.05) is 23.2 Å². The van der Waals surface area contributed by atoms with Crippen LogP contribution in [0.4, 0.5) is 10.2 Å². The predicted molar refractivity (Wildman–Crippen MR) is 137 cm³/mol. The lowest BCUT2D eigenvalue weighted by atomic mass is 9.78. The Labute approximate surface area is 214 Å². The van der Waals surface area contributed by atoms with Crippen LogP contribution >= 0.6 is 11.6 Å². The van der Waals surface area contributed by atoms with E-state index in [9.17, 15) is 4.39 Å². The van der Waals surface area contributed by atoms with E-state index in [4.69, 9.17) is 26.8 Å². The predicted octanol–water partition coefficient (Wildman–Crippen LogP) is 4.20. The summed E-state index contributed by atoms with van der Waals surface area (Å²) in [5.41, 5.74) is 7.61. The second-order valence-electron chi connectivity index (χ2n) is 11.2. The highest BCUT2D eigenvalue weighted by atomic mass is 35.5. The van der Waals surface area contributed by atoms with Crippen molar-refractivity contribution in [2.45, 2.75) is 77.4 Å². The van der Waals surface area contributed by atoms with E-state index in [0.717, 1.165) is 36.0 Å². The van der Waals surface area contributed by atoms with Gasteiger partial charge in [-0.15, -0.1) is 0 Å². The molecule has 0 radical (unpaired) electrons. The number of hydrogen-bond donors (Lipinski definition) is 1. The van der Waals surface area contributed by atoms with Gasteiger partial charge in [0.1, 0.15) is 29.7 Å². The Morgan fingerprint density at radius 2 is 2.06 bits per heavy atom. The van der Waals surface area contributed by atoms with Crippen molar-refractivity contribution in [1.82, 2.24) is 19.5 Å². The summed E-state index contributed by atoms with van der Waals surface area (Å²) >= 11 is 6.07. The van der Waals surface area contributed by atoms with E-state index < -0.39 is 5.79 Å². The number of ether oxygens (including phenoxy) is 2. The minimum Gasteiger partial charge on any atom is -0.382 e. The van der Waals surface area contributed by atoms with E-state index in [1.165, 1.54) is 0 Å². The molecule has 0 spiro atoms. The highest BCUT2D eigenvalue weighted by Crippen LogP contribution is 2.56. The zero-order valence-corrected chi connectivity index (χ0v) is 21.7. The smallest absolute Gasteiger partial charge is 0.163 e. The number of hydrogen-bond acceptors (Lipinski definition) is 6. The summed E-state index contributed by atoms with van der Waals surface area (Å²) in [5, 5.41) is 2.36. The molecule has 2 aliphatic carbocycles. The van der Waals surface area contributed by atoms with Crippen LogP contribution in [0.2, 0.25) is 5.02 Å². The van der Waals surface area contributed by atoms with E-state index in [1.807, 2.05) is 26.8 Å². The molecule has 6 rings (SSSR count). The Morgan fingerprint density at radius 3 is 2.86 bits per heavy atom. The monoisotopic (exact) mass is 511 g/mol. The molecule has 5 atom stereocenters. The summed E-state index contributed by atoms with van der Waals surface area (Å²) in [4.78, 5) is 13.3. The SMILES string of the molecule is Cc1ncnc2c1ccn2[C@@H]1C[C@](C)(CCC2C=c3nc(N)c(Cl)cc3=C(F)C2)[C@H]2OC(C)(C)O[C@@H]12. The Kier molecular flexibility index (Phi) is 5.45. The van der Waals surface area contributed by atoms with E-state index >= 15 is 0 Å². The molecular formula is C27H31ClFN5O2. The number of nitrogens with two attached hydrogens (primary N) is 1. The molecule has 1 aliphatic heterocycles. The molecule has 1 unspecified atom stereocenters. The normalized spacial score (nSPS) is 30.9. The third kappa shape index (κ3) is 3.81. The van der Waals surface area contributed by atoms with Crippen molar-refractivity contribution in [3.63, 3.8) is 0 Å². The van der Waals surface area contributed by atoms with Gasteiger partial charge < -0.3 is 19.8 Å². The van der Waals surface area contributed by atoms with Crippen LogP contribution in [0.25, 0.3) is 22.9 Å². The van der Waals surface area contributed by atoms with Gasteiger partial charge >= 0.3 is 0 Å². The van der Waals surface area contributed by atoms with Gasteiger partial charge in [0.15, 0.2) is 5.79 Å². The molecule has 36 heavy (non-hydrogen) atoms. The number of nitrogen functional groups attached to an aromatic ring is 1. The second kappa shape index (κ2) is 8.23. The molecular weight excluding hydrogens is 481 g/mol. The molecule has 9 heteroatoms. The van der Waals surface area contributed by atoms with Crippen LogP contribution in [0.1, 0.15) is 58.2 Å². The van der Waals surface area contributed by atoms with Crippen LogP contribution in [-0.4, -0.2) is 37.5 Å². The van der Waals surface area contributed by atoms with Gasteiger partial charge in [-0.2, -0.15) is 0 Å². The van der Waals surface area contributed by atoms with Crippen molar-refractivity contribution in [2.75, 3.05) is 5.73 Å². The van der Waals surface area contributed by atoms with Gasteiger partial charge in [-0.25, -0.2) is 19.3 Å². The first-order valence-corrected chi connectivity index (χ1v) is 12.9. The van der Waals surface area contributed by atoms with Gasteiger partial charge in [0.05, 0.1) is 28.2 Å². The summed E-state index contributed by atoms with van der Waals surface area (Å²) in [6.07, 6.45) is 8.45. The molecule has 0 bridgehead atoms. The van der Waals surface area contributed by atoms with Crippen LogP contribution < -0.4 is 16.3 Å². The Balaban J connectivity index is 1.29. The maximum absolute atomic E-state index is 15.0. The lowest BCUT2D eigenvalue weighted by Gasteiger charge is -2.33. The summed E-state index contributed by atoms with van der Waals surface area (Å²) in [6, 6.07) is 3.73. The van der Waals surface area contributed by atoms with Crippen LogP contribution in [0.15, 0.2) is 24.7 Å². The third-order valence-electron chi connectivity index (χ3n) is 8.18. The Hall–Kier alpha value is -2.55. The zero-order valence-electron chi connectivity index (χ0n) is 21.0. The molecule has 2 N–H and O–H groups in total. The fourth-order valence-corrected chi connectivity index (χ4v) is 6.52. The van der Waals surface area contributed by atoms with Crippen LogP contribution in [0.3, 0.4) is 0 Å². The molecule has 1 saturated heterocycles. The molecule has 7 nitrogen and oxygen atoms in total. The molecule has 0 aromatic carbocycles. The molecule has 3 aromatic rings. The summed E-state index contributed by atoms with van der Waals surface area (Å²) in [5.74, 6) is -0.599. The van der Waals surface area contributed by atoms with E-state index in [0.29, 0.717) is 17.0 Å². The number of nitrogens with zero attached hydrogens (tertiary/aromatic N) is 4. The molecule has 3 aromatic heterocycles. The van der Waals surface area contributed by atoms with Crippen molar-refractivity contribution in [2.24, 2.45) is 11.3 Å².